The van der Waals surface area contributed by atoms with E-state index >= 15 is 0 Å². The number of thioether (sulfide) groups is 1. The average Bonchev–Trinajstić information content (AvgIpc) is 2.99. The molecule has 1 amide bonds. The number of nitrogens with zero attached hydrogens (tertiary/aromatic N) is 2. The van der Waals surface area contributed by atoms with Gasteiger partial charge in [0.2, 0.25) is 5.91 Å². The molecule has 1 heterocycles. The zero-order chi connectivity index (χ0) is 17.8. The molecule has 0 fully saturated rings. The Bertz CT molecular complexity index is 893. The van der Waals surface area contributed by atoms with Gasteiger partial charge in [-0.25, -0.2) is 4.98 Å². The molecule has 0 aliphatic rings. The predicted octanol–water partition coefficient (Wildman–Crippen LogP) is 4.78. The first-order chi connectivity index (χ1) is 12.1. The molecule has 2 aromatic carbocycles. The number of aromatic nitrogens is 2. The van der Waals surface area contributed by atoms with Gasteiger partial charge in [-0.2, -0.15) is 0 Å². The number of carbonyl (C=O) groups excluding carboxylic acids is 1. The number of nitrogens with one attached hydrogen (secondary N) is 1. The summed E-state index contributed by atoms with van der Waals surface area (Å²) in [6.45, 7) is 1.88. The maximum atomic E-state index is 12.2. The lowest BCUT2D eigenvalue weighted by molar-refractivity contribution is -0.113. The van der Waals surface area contributed by atoms with Crippen molar-refractivity contribution in [1.29, 1.82) is 0 Å². The van der Waals surface area contributed by atoms with E-state index in [1.807, 2.05) is 67.2 Å². The van der Waals surface area contributed by atoms with Gasteiger partial charge in [-0.3, -0.25) is 4.79 Å². The highest BCUT2D eigenvalue weighted by molar-refractivity contribution is 7.99. The molecule has 3 aromatic rings. The summed E-state index contributed by atoms with van der Waals surface area (Å²) in [4.78, 5) is 16.7. The number of halogens is 1. The van der Waals surface area contributed by atoms with Crippen LogP contribution in [0, 0.1) is 6.92 Å². The standard InChI is InChI=1S/C19H18ClN3OS/c1-13-15(20)9-6-10-16(13)22-18(24)12-25-19-21-11-17(23(19)2)14-7-4-3-5-8-14/h3-11H,12H2,1-2H3,(H,22,24). The zero-order valence-electron chi connectivity index (χ0n) is 14.0. The van der Waals surface area contributed by atoms with Crippen LogP contribution >= 0.6 is 23.4 Å². The molecule has 1 aromatic heterocycles. The van der Waals surface area contributed by atoms with Crippen molar-refractivity contribution >= 4 is 35.0 Å². The molecule has 4 nitrogen and oxygen atoms in total. The van der Waals surface area contributed by atoms with Crippen LogP contribution in [0.15, 0.2) is 59.9 Å². The molecule has 0 unspecified atom stereocenters. The van der Waals surface area contributed by atoms with E-state index in [1.165, 1.54) is 11.8 Å². The van der Waals surface area contributed by atoms with Gasteiger partial charge in [-0.1, -0.05) is 59.8 Å². The summed E-state index contributed by atoms with van der Waals surface area (Å²) in [6, 6.07) is 15.5. The average molecular weight is 372 g/mol. The van der Waals surface area contributed by atoms with Gasteiger partial charge in [0.1, 0.15) is 0 Å². The first kappa shape index (κ1) is 17.6. The molecule has 3 rings (SSSR count). The van der Waals surface area contributed by atoms with Crippen molar-refractivity contribution < 1.29 is 4.79 Å². The molecule has 0 bridgehead atoms. The third-order valence-corrected chi connectivity index (χ3v) is 5.34. The Kier molecular flexibility index (Phi) is 5.46. The Morgan fingerprint density at radius 2 is 1.96 bits per heavy atom. The highest BCUT2D eigenvalue weighted by Crippen LogP contribution is 2.26. The van der Waals surface area contributed by atoms with Crippen LogP contribution in [-0.2, 0) is 11.8 Å². The Morgan fingerprint density at radius 3 is 2.72 bits per heavy atom. The second kappa shape index (κ2) is 7.76. The molecule has 0 spiro atoms. The minimum absolute atomic E-state index is 0.0837. The normalized spacial score (nSPS) is 10.7. The highest BCUT2D eigenvalue weighted by atomic mass is 35.5. The predicted molar refractivity (Wildman–Crippen MR) is 104 cm³/mol. The molecule has 0 saturated carbocycles. The summed E-state index contributed by atoms with van der Waals surface area (Å²) in [6.07, 6.45) is 1.83. The minimum atomic E-state index is -0.0837. The summed E-state index contributed by atoms with van der Waals surface area (Å²) in [5.41, 5.74) is 3.73. The van der Waals surface area contributed by atoms with Crippen molar-refractivity contribution in [3.63, 3.8) is 0 Å². The van der Waals surface area contributed by atoms with E-state index < -0.39 is 0 Å². The first-order valence-electron chi connectivity index (χ1n) is 7.81. The van der Waals surface area contributed by atoms with Crippen LogP contribution in [0.1, 0.15) is 5.56 Å². The molecule has 0 radical (unpaired) electrons. The van der Waals surface area contributed by atoms with Gasteiger partial charge in [0, 0.05) is 17.8 Å². The molecule has 0 aliphatic carbocycles. The quantitative estimate of drug-likeness (QED) is 0.656. The molecule has 6 heteroatoms. The van der Waals surface area contributed by atoms with Gasteiger partial charge in [0.05, 0.1) is 17.6 Å². The Hall–Kier alpha value is -2.24. The summed E-state index contributed by atoms with van der Waals surface area (Å²) in [5.74, 6) is 0.199. The molecule has 1 N–H and O–H groups in total. The lowest BCUT2D eigenvalue weighted by Gasteiger charge is -2.09. The number of hydrogen-bond acceptors (Lipinski definition) is 3. The van der Waals surface area contributed by atoms with E-state index in [0.717, 1.165) is 27.7 Å². The van der Waals surface area contributed by atoms with Crippen LogP contribution in [-0.4, -0.2) is 21.2 Å². The van der Waals surface area contributed by atoms with Gasteiger partial charge in [-0.15, -0.1) is 0 Å². The van der Waals surface area contributed by atoms with Crippen molar-refractivity contribution in [3.8, 4) is 11.3 Å². The monoisotopic (exact) mass is 371 g/mol. The van der Waals surface area contributed by atoms with Crippen molar-refractivity contribution in [3.05, 3.63) is 65.3 Å². The second-order valence-electron chi connectivity index (χ2n) is 5.60. The maximum absolute atomic E-state index is 12.2. The van der Waals surface area contributed by atoms with E-state index in [2.05, 4.69) is 10.3 Å². The molecule has 25 heavy (non-hydrogen) atoms. The third kappa shape index (κ3) is 4.06. The number of rotatable bonds is 5. The molecular formula is C19H18ClN3OS. The zero-order valence-corrected chi connectivity index (χ0v) is 15.6. The van der Waals surface area contributed by atoms with Gasteiger partial charge in [0.25, 0.3) is 0 Å². The van der Waals surface area contributed by atoms with Crippen LogP contribution in [0.2, 0.25) is 5.02 Å². The summed E-state index contributed by atoms with van der Waals surface area (Å²) in [5, 5.41) is 4.34. The van der Waals surface area contributed by atoms with E-state index in [0.29, 0.717) is 5.02 Å². The number of amides is 1. The summed E-state index contributed by atoms with van der Waals surface area (Å²) >= 11 is 7.49. The van der Waals surface area contributed by atoms with Crippen molar-refractivity contribution in [2.24, 2.45) is 7.05 Å². The number of hydrogen-bond donors (Lipinski definition) is 1. The molecule has 0 atom stereocenters. The molecule has 128 valence electrons. The molecule has 0 saturated heterocycles. The smallest absolute Gasteiger partial charge is 0.234 e. The van der Waals surface area contributed by atoms with Crippen LogP contribution in [0.25, 0.3) is 11.3 Å². The Balaban J connectivity index is 1.65. The van der Waals surface area contributed by atoms with Gasteiger partial charge in [0.15, 0.2) is 5.16 Å². The van der Waals surface area contributed by atoms with Crippen molar-refractivity contribution in [2.45, 2.75) is 12.1 Å². The Morgan fingerprint density at radius 1 is 1.20 bits per heavy atom. The number of benzene rings is 2. The number of anilines is 1. The summed E-state index contributed by atoms with van der Waals surface area (Å²) < 4.78 is 2.00. The van der Waals surface area contributed by atoms with Crippen LogP contribution in [0.3, 0.4) is 0 Å². The van der Waals surface area contributed by atoms with Crippen LogP contribution in [0.4, 0.5) is 5.69 Å². The minimum Gasteiger partial charge on any atom is -0.325 e. The van der Waals surface area contributed by atoms with Gasteiger partial charge >= 0.3 is 0 Å². The topological polar surface area (TPSA) is 46.9 Å². The fourth-order valence-corrected chi connectivity index (χ4v) is 3.39. The largest absolute Gasteiger partial charge is 0.325 e. The van der Waals surface area contributed by atoms with Crippen LogP contribution in [0.5, 0.6) is 0 Å². The van der Waals surface area contributed by atoms with Gasteiger partial charge < -0.3 is 9.88 Å². The van der Waals surface area contributed by atoms with Crippen LogP contribution < -0.4 is 5.32 Å². The maximum Gasteiger partial charge on any atom is 0.234 e. The summed E-state index contributed by atoms with van der Waals surface area (Å²) in [7, 11) is 1.96. The van der Waals surface area contributed by atoms with E-state index in [-0.39, 0.29) is 11.7 Å². The van der Waals surface area contributed by atoms with Gasteiger partial charge in [-0.05, 0) is 30.2 Å². The first-order valence-corrected chi connectivity index (χ1v) is 9.17. The fourth-order valence-electron chi connectivity index (χ4n) is 2.46. The second-order valence-corrected chi connectivity index (χ2v) is 6.95. The lowest BCUT2D eigenvalue weighted by Crippen LogP contribution is -2.15. The highest BCUT2D eigenvalue weighted by Gasteiger charge is 2.12. The molecular weight excluding hydrogens is 354 g/mol. The van der Waals surface area contributed by atoms with Crippen molar-refractivity contribution in [2.75, 3.05) is 11.1 Å². The SMILES string of the molecule is Cc1c(Cl)cccc1NC(=O)CSc1ncc(-c2ccccc2)n1C. The fraction of sp³-hybridized carbons (Fsp3) is 0.158. The van der Waals surface area contributed by atoms with Crippen molar-refractivity contribution in [1.82, 2.24) is 9.55 Å². The third-order valence-electron chi connectivity index (χ3n) is 3.89. The van der Waals surface area contributed by atoms with E-state index in [1.54, 1.807) is 6.07 Å². The van der Waals surface area contributed by atoms with E-state index in [4.69, 9.17) is 11.6 Å². The Labute approximate surface area is 156 Å². The lowest BCUT2D eigenvalue weighted by atomic mass is 10.2. The molecule has 0 aliphatic heterocycles. The number of carbonyl (C=O) groups is 1. The number of imidazole rings is 1. The van der Waals surface area contributed by atoms with E-state index in [9.17, 15) is 4.79 Å².